The molecule has 4 aliphatic rings. The van der Waals surface area contributed by atoms with Crippen LogP contribution in [0.5, 0.6) is 5.75 Å². The van der Waals surface area contributed by atoms with Crippen molar-refractivity contribution in [2.75, 3.05) is 69.4 Å². The number of anilines is 2. The Morgan fingerprint density at radius 1 is 1.11 bits per heavy atom. The fourth-order valence-corrected chi connectivity index (χ4v) is 6.92. The first-order valence-corrected chi connectivity index (χ1v) is 14.3. The summed E-state index contributed by atoms with van der Waals surface area (Å²) in [7, 11) is 1.82. The Labute approximate surface area is 228 Å². The topological polar surface area (TPSA) is 91.0 Å². The van der Waals surface area contributed by atoms with E-state index in [0.29, 0.717) is 49.3 Å². The summed E-state index contributed by atoms with van der Waals surface area (Å²) in [5.74, 6) is 1.39. The molecule has 6 rings (SSSR count). The number of morpholine rings is 1. The lowest BCUT2D eigenvalue weighted by atomic mass is 9.73. The normalized spacial score (nSPS) is 21.1. The maximum absolute atomic E-state index is 13.6. The Morgan fingerprint density at radius 3 is 2.66 bits per heavy atom. The van der Waals surface area contributed by atoms with E-state index in [1.165, 1.54) is 0 Å². The minimum absolute atomic E-state index is 0.0208. The Kier molecular flexibility index (Phi) is 7.09. The number of carbonyl (C=O) groups excluding carboxylic acids is 1. The average Bonchev–Trinajstić information content (AvgIpc) is 3.14. The van der Waals surface area contributed by atoms with Gasteiger partial charge in [-0.1, -0.05) is 11.6 Å². The molecule has 38 heavy (non-hydrogen) atoms. The monoisotopic (exact) mass is 541 g/mol. The summed E-state index contributed by atoms with van der Waals surface area (Å²) in [6, 6.07) is 3.82. The summed E-state index contributed by atoms with van der Waals surface area (Å²) in [6.45, 7) is 6.34. The molecule has 1 aliphatic carbocycles. The highest BCUT2D eigenvalue weighted by atomic mass is 35.5. The third-order valence-electron chi connectivity index (χ3n) is 8.68. The Balaban J connectivity index is 1.15. The van der Waals surface area contributed by atoms with Crippen LogP contribution in [0.2, 0.25) is 5.02 Å². The molecule has 1 aromatic heterocycles. The number of H-pyrrole nitrogens is 1. The van der Waals surface area contributed by atoms with Gasteiger partial charge in [0.1, 0.15) is 5.75 Å². The minimum atomic E-state index is -0.666. The lowest BCUT2D eigenvalue weighted by molar-refractivity contribution is -0.123. The number of hydrogen-bond acceptors (Lipinski definition) is 7. The Bertz CT molecular complexity index is 1270. The zero-order chi connectivity index (χ0) is 26.3. The first-order valence-electron chi connectivity index (χ1n) is 13.9. The van der Waals surface area contributed by atoms with Crippen molar-refractivity contribution in [1.82, 2.24) is 14.9 Å². The van der Waals surface area contributed by atoms with E-state index in [9.17, 15) is 9.59 Å². The van der Waals surface area contributed by atoms with Gasteiger partial charge in [0, 0.05) is 57.0 Å². The third kappa shape index (κ3) is 4.58. The highest BCUT2D eigenvalue weighted by molar-refractivity contribution is 6.33. The van der Waals surface area contributed by atoms with Gasteiger partial charge in [0.05, 0.1) is 41.6 Å². The number of halogens is 1. The van der Waals surface area contributed by atoms with E-state index < -0.39 is 5.41 Å². The van der Waals surface area contributed by atoms with Crippen LogP contribution >= 0.6 is 11.6 Å². The average molecular weight is 542 g/mol. The second-order valence-corrected chi connectivity index (χ2v) is 11.3. The van der Waals surface area contributed by atoms with Crippen molar-refractivity contribution in [2.45, 2.75) is 50.4 Å². The predicted molar refractivity (Wildman–Crippen MR) is 147 cm³/mol. The van der Waals surface area contributed by atoms with Crippen LogP contribution in [0.25, 0.3) is 0 Å². The van der Waals surface area contributed by atoms with E-state index in [4.69, 9.17) is 26.1 Å². The van der Waals surface area contributed by atoms with Crippen LogP contribution < -0.4 is 20.1 Å². The van der Waals surface area contributed by atoms with Gasteiger partial charge >= 0.3 is 0 Å². The van der Waals surface area contributed by atoms with Crippen molar-refractivity contribution in [2.24, 2.45) is 0 Å². The number of piperidine rings is 1. The summed E-state index contributed by atoms with van der Waals surface area (Å²) in [6.07, 6.45) is 5.92. The number of aryl methyl sites for hydroxylation is 1. The van der Waals surface area contributed by atoms with Crippen LogP contribution in [0.4, 0.5) is 11.6 Å². The summed E-state index contributed by atoms with van der Waals surface area (Å²) in [5, 5.41) is 0.581. The molecule has 2 aromatic rings. The summed E-state index contributed by atoms with van der Waals surface area (Å²) < 4.78 is 11.5. The number of nitrogens with zero attached hydrogens (tertiary/aromatic N) is 4. The number of aromatic amines is 1. The first kappa shape index (κ1) is 25.6. The van der Waals surface area contributed by atoms with Crippen molar-refractivity contribution in [3.05, 3.63) is 44.3 Å². The van der Waals surface area contributed by atoms with Crippen molar-refractivity contribution < 1.29 is 14.3 Å². The first-order chi connectivity index (χ1) is 18.5. The zero-order valence-corrected chi connectivity index (χ0v) is 22.8. The molecule has 0 saturated carbocycles. The van der Waals surface area contributed by atoms with Crippen molar-refractivity contribution in [3.8, 4) is 5.75 Å². The van der Waals surface area contributed by atoms with Gasteiger partial charge in [-0.25, -0.2) is 4.98 Å². The molecule has 1 N–H and O–H groups in total. The lowest BCUT2D eigenvalue weighted by Gasteiger charge is -2.39. The number of nitrogens with one attached hydrogen (secondary N) is 1. The molecule has 0 unspecified atom stereocenters. The van der Waals surface area contributed by atoms with Crippen LogP contribution in [0, 0.1) is 0 Å². The summed E-state index contributed by atoms with van der Waals surface area (Å²) in [5.41, 5.74) is 2.81. The zero-order valence-electron chi connectivity index (χ0n) is 22.1. The number of benzene rings is 1. The van der Waals surface area contributed by atoms with E-state index in [0.717, 1.165) is 87.5 Å². The molecular formula is C28H36ClN5O4. The van der Waals surface area contributed by atoms with E-state index in [2.05, 4.69) is 14.8 Å². The number of hydrogen-bond donors (Lipinski definition) is 1. The lowest BCUT2D eigenvalue weighted by Crippen LogP contribution is -2.49. The maximum Gasteiger partial charge on any atom is 0.255 e. The van der Waals surface area contributed by atoms with Gasteiger partial charge in [0.15, 0.2) is 0 Å². The Hall–Kier alpha value is -2.62. The molecule has 1 aromatic carbocycles. The molecule has 0 bridgehead atoms. The molecule has 9 nitrogen and oxygen atoms in total. The van der Waals surface area contributed by atoms with Gasteiger partial charge in [0.25, 0.3) is 5.56 Å². The number of aromatic nitrogens is 2. The van der Waals surface area contributed by atoms with Crippen molar-refractivity contribution in [3.63, 3.8) is 0 Å². The molecule has 2 saturated heterocycles. The molecule has 1 spiro atoms. The highest BCUT2D eigenvalue weighted by Gasteiger charge is 2.52. The largest absolute Gasteiger partial charge is 0.493 e. The fourth-order valence-electron chi connectivity index (χ4n) is 6.53. The van der Waals surface area contributed by atoms with Gasteiger partial charge in [0.2, 0.25) is 11.9 Å². The molecular weight excluding hydrogens is 506 g/mol. The number of amides is 1. The molecule has 0 radical (unpaired) electrons. The second-order valence-electron chi connectivity index (χ2n) is 10.9. The van der Waals surface area contributed by atoms with E-state index in [1.54, 1.807) is 4.90 Å². The van der Waals surface area contributed by atoms with Gasteiger partial charge in [-0.3, -0.25) is 19.5 Å². The quantitative estimate of drug-likeness (QED) is 0.562. The Morgan fingerprint density at radius 2 is 1.87 bits per heavy atom. The maximum atomic E-state index is 13.6. The van der Waals surface area contributed by atoms with Crippen molar-refractivity contribution in [1.29, 1.82) is 0 Å². The summed E-state index contributed by atoms with van der Waals surface area (Å²) in [4.78, 5) is 40.3. The molecule has 2 fully saturated rings. The van der Waals surface area contributed by atoms with Crippen LogP contribution in [0.15, 0.2) is 16.9 Å². The number of carbonyl (C=O) groups is 1. The molecule has 1 amide bonds. The number of ether oxygens (including phenoxy) is 2. The van der Waals surface area contributed by atoms with Gasteiger partial charge in [-0.15, -0.1) is 0 Å². The van der Waals surface area contributed by atoms with Crippen LogP contribution in [0.3, 0.4) is 0 Å². The number of likely N-dealkylation sites (N-methyl/N-ethyl adjacent to an activating group) is 1. The molecule has 204 valence electrons. The third-order valence-corrected chi connectivity index (χ3v) is 8.98. The van der Waals surface area contributed by atoms with Crippen LogP contribution in [-0.4, -0.2) is 80.4 Å². The standard InChI is InChI=1S/C28H36ClN5O4/c1-32-23-18-19(38-14-4-9-33-12-15-37-16-13-33)17-21(29)24(23)28(26(32)36)7-10-34(11-8-28)27-30-22-6-3-2-5-20(22)25(35)31-27/h17-18H,2-16H2,1H3,(H,30,31,35). The fraction of sp³-hybridized carbons (Fsp3) is 0.607. The molecule has 4 heterocycles. The van der Waals surface area contributed by atoms with Crippen LogP contribution in [0.1, 0.15) is 48.9 Å². The number of rotatable bonds is 6. The second kappa shape index (κ2) is 10.5. The van der Waals surface area contributed by atoms with Crippen LogP contribution in [-0.2, 0) is 27.8 Å². The predicted octanol–water partition coefficient (Wildman–Crippen LogP) is 2.92. The summed E-state index contributed by atoms with van der Waals surface area (Å²) >= 11 is 6.86. The molecule has 10 heteroatoms. The number of fused-ring (bicyclic) bond motifs is 3. The van der Waals surface area contributed by atoms with E-state index in [1.807, 2.05) is 19.2 Å². The smallest absolute Gasteiger partial charge is 0.255 e. The highest BCUT2D eigenvalue weighted by Crippen LogP contribution is 2.52. The van der Waals surface area contributed by atoms with Crippen molar-refractivity contribution >= 4 is 29.1 Å². The minimum Gasteiger partial charge on any atom is -0.493 e. The molecule has 0 atom stereocenters. The van der Waals surface area contributed by atoms with E-state index >= 15 is 0 Å². The van der Waals surface area contributed by atoms with Gasteiger partial charge < -0.3 is 19.3 Å². The van der Waals surface area contributed by atoms with Gasteiger partial charge in [-0.2, -0.15) is 0 Å². The van der Waals surface area contributed by atoms with E-state index in [-0.39, 0.29) is 11.5 Å². The molecule has 3 aliphatic heterocycles. The SMILES string of the molecule is CN1C(=O)C2(CCN(c3nc4c(c(=O)[nH]3)CCCC4)CC2)c2c(Cl)cc(OCCCN3CCOCC3)cc21. The van der Waals surface area contributed by atoms with Gasteiger partial charge in [-0.05, 0) is 51.0 Å².